The van der Waals surface area contributed by atoms with E-state index in [4.69, 9.17) is 9.84 Å². The molecular weight excluding hydrogens is 406 g/mol. The van der Waals surface area contributed by atoms with E-state index in [1.807, 2.05) is 24.3 Å². The normalized spacial score (nSPS) is 18.0. The fourth-order valence-corrected chi connectivity index (χ4v) is 3.93. The molecule has 6 heteroatoms. The van der Waals surface area contributed by atoms with Crippen LogP contribution >= 0.6 is 0 Å². The van der Waals surface area contributed by atoms with Gasteiger partial charge in [0.25, 0.3) is 5.91 Å². The van der Waals surface area contributed by atoms with E-state index < -0.39 is 5.97 Å². The third-order valence-corrected chi connectivity index (χ3v) is 5.99. The first-order valence-electron chi connectivity index (χ1n) is 11.4. The molecule has 1 aliphatic rings. The Morgan fingerprint density at radius 3 is 2.16 bits per heavy atom. The van der Waals surface area contributed by atoms with Crippen molar-refractivity contribution in [3.05, 3.63) is 65.2 Å². The summed E-state index contributed by atoms with van der Waals surface area (Å²) < 4.78 is 5.95. The van der Waals surface area contributed by atoms with Gasteiger partial charge in [-0.3, -0.25) is 14.4 Å². The van der Waals surface area contributed by atoms with Crippen molar-refractivity contribution in [2.24, 2.45) is 5.92 Å². The van der Waals surface area contributed by atoms with Crippen molar-refractivity contribution in [2.75, 3.05) is 6.54 Å². The first kappa shape index (κ1) is 23.5. The quantitative estimate of drug-likeness (QED) is 0.416. The Morgan fingerprint density at radius 2 is 1.56 bits per heavy atom. The van der Waals surface area contributed by atoms with Crippen LogP contribution in [0.15, 0.2) is 48.5 Å². The molecule has 0 saturated heterocycles. The zero-order valence-corrected chi connectivity index (χ0v) is 18.5. The monoisotopic (exact) mass is 437 g/mol. The van der Waals surface area contributed by atoms with Gasteiger partial charge < -0.3 is 15.2 Å². The molecule has 0 radical (unpaired) electrons. The summed E-state index contributed by atoms with van der Waals surface area (Å²) in [6.45, 7) is 2.52. The highest BCUT2D eigenvalue weighted by atomic mass is 16.5. The van der Waals surface area contributed by atoms with Gasteiger partial charge in [-0.05, 0) is 80.5 Å². The van der Waals surface area contributed by atoms with Crippen molar-refractivity contribution < 1.29 is 24.2 Å². The van der Waals surface area contributed by atoms with Crippen LogP contribution in [0.1, 0.15) is 71.7 Å². The van der Waals surface area contributed by atoms with Gasteiger partial charge in [0.2, 0.25) is 0 Å². The van der Waals surface area contributed by atoms with Crippen LogP contribution in [-0.4, -0.2) is 35.4 Å². The number of carboxylic acid groups (broad SMARTS) is 1. The minimum absolute atomic E-state index is 0.0222. The number of carbonyl (C=O) groups excluding carboxylic acids is 2. The molecule has 1 amide bonds. The first-order valence-corrected chi connectivity index (χ1v) is 11.4. The maximum atomic E-state index is 12.4. The molecule has 1 fully saturated rings. The van der Waals surface area contributed by atoms with Crippen LogP contribution in [-0.2, 0) is 11.2 Å². The number of benzene rings is 2. The van der Waals surface area contributed by atoms with Crippen molar-refractivity contribution in [2.45, 2.75) is 58.0 Å². The number of hydrogen-bond donors (Lipinski definition) is 2. The number of amides is 1. The van der Waals surface area contributed by atoms with Crippen LogP contribution < -0.4 is 10.1 Å². The highest BCUT2D eigenvalue weighted by Gasteiger charge is 2.26. The lowest BCUT2D eigenvalue weighted by Gasteiger charge is -2.26. The van der Waals surface area contributed by atoms with Gasteiger partial charge >= 0.3 is 5.97 Å². The largest absolute Gasteiger partial charge is 0.490 e. The summed E-state index contributed by atoms with van der Waals surface area (Å²) in [5, 5.41) is 11.9. The number of carbonyl (C=O) groups is 3. The average Bonchev–Trinajstić information content (AvgIpc) is 2.82. The molecule has 32 heavy (non-hydrogen) atoms. The Bertz CT molecular complexity index is 912. The molecule has 2 N–H and O–H groups in total. The van der Waals surface area contributed by atoms with Crippen LogP contribution in [0.4, 0.5) is 0 Å². The molecule has 0 bridgehead atoms. The number of hydrogen-bond acceptors (Lipinski definition) is 4. The van der Waals surface area contributed by atoms with Crippen LogP contribution in [0.5, 0.6) is 5.75 Å². The van der Waals surface area contributed by atoms with Crippen molar-refractivity contribution >= 4 is 17.7 Å². The predicted molar refractivity (Wildman–Crippen MR) is 122 cm³/mol. The highest BCUT2D eigenvalue weighted by molar-refractivity contribution is 5.96. The molecule has 3 rings (SSSR count). The Kier molecular flexibility index (Phi) is 8.42. The van der Waals surface area contributed by atoms with Crippen LogP contribution in [0.25, 0.3) is 0 Å². The fraction of sp³-hybridized carbons (Fsp3) is 0.423. The fourth-order valence-electron chi connectivity index (χ4n) is 3.93. The molecule has 0 atom stereocenters. The molecule has 0 unspecified atom stereocenters. The molecular formula is C26H31NO5. The number of aryl methyl sites for hydroxylation is 1. The summed E-state index contributed by atoms with van der Waals surface area (Å²) in [4.78, 5) is 35.6. The predicted octanol–water partition coefficient (Wildman–Crippen LogP) is 4.66. The average molecular weight is 438 g/mol. The number of Topliss-reactive ketones (excluding diaryl/α,β-unsaturated/α-hetero) is 1. The van der Waals surface area contributed by atoms with Crippen LogP contribution in [0.2, 0.25) is 0 Å². The van der Waals surface area contributed by atoms with E-state index in [1.54, 1.807) is 24.3 Å². The summed E-state index contributed by atoms with van der Waals surface area (Å²) >= 11 is 0. The van der Waals surface area contributed by atoms with E-state index in [9.17, 15) is 14.4 Å². The number of ketones is 1. The lowest BCUT2D eigenvalue weighted by atomic mass is 9.87. The van der Waals surface area contributed by atoms with Gasteiger partial charge in [-0.2, -0.15) is 0 Å². The van der Waals surface area contributed by atoms with E-state index in [0.29, 0.717) is 49.1 Å². The minimum Gasteiger partial charge on any atom is -0.490 e. The maximum absolute atomic E-state index is 12.4. The zero-order chi connectivity index (χ0) is 22.9. The van der Waals surface area contributed by atoms with Gasteiger partial charge in [-0.15, -0.1) is 0 Å². The molecule has 1 saturated carbocycles. The molecule has 2 aromatic carbocycles. The number of rotatable bonds is 10. The second-order valence-electron chi connectivity index (χ2n) is 8.29. The third kappa shape index (κ3) is 6.67. The number of nitrogens with one attached hydrogen (secondary N) is 1. The summed E-state index contributed by atoms with van der Waals surface area (Å²) in [6, 6.07) is 14.6. The molecule has 0 aliphatic heterocycles. The number of carboxylic acids is 1. The molecule has 0 spiro atoms. The third-order valence-electron chi connectivity index (χ3n) is 5.99. The summed E-state index contributed by atoms with van der Waals surface area (Å²) in [6.07, 6.45) is 4.61. The van der Waals surface area contributed by atoms with Crippen molar-refractivity contribution in [1.82, 2.24) is 5.32 Å². The molecule has 6 nitrogen and oxygen atoms in total. The van der Waals surface area contributed by atoms with E-state index in [1.165, 1.54) is 5.56 Å². The first-order chi connectivity index (χ1) is 15.5. The molecule has 0 heterocycles. The van der Waals surface area contributed by atoms with Crippen LogP contribution in [0, 0.1) is 5.92 Å². The Hall–Kier alpha value is -3.15. The topological polar surface area (TPSA) is 92.7 Å². The van der Waals surface area contributed by atoms with Gasteiger partial charge in [0.15, 0.2) is 5.78 Å². The van der Waals surface area contributed by atoms with E-state index >= 15 is 0 Å². The number of ether oxygens (including phenoxy) is 1. The molecule has 2 aromatic rings. The minimum atomic E-state index is -0.725. The van der Waals surface area contributed by atoms with Gasteiger partial charge in [0.1, 0.15) is 5.75 Å². The number of aliphatic carboxylic acids is 1. The van der Waals surface area contributed by atoms with Gasteiger partial charge in [-0.25, -0.2) is 0 Å². The standard InChI is InChI=1S/C26H31NO5/c1-2-18-5-7-20(8-6-18)25(29)27-17-3-4-24(28)19-9-13-22(14-10-19)32-23-15-11-21(12-16-23)26(30)31/h5-10,13-14,21,23H,2-4,11-12,15-17H2,1H3,(H,27,29)(H,30,31). The Morgan fingerprint density at radius 1 is 0.938 bits per heavy atom. The maximum Gasteiger partial charge on any atom is 0.306 e. The lowest BCUT2D eigenvalue weighted by molar-refractivity contribution is -0.143. The van der Waals surface area contributed by atoms with Crippen molar-refractivity contribution in [1.29, 1.82) is 0 Å². The summed E-state index contributed by atoms with van der Waals surface area (Å²) in [5.41, 5.74) is 2.43. The second kappa shape index (κ2) is 11.5. The van der Waals surface area contributed by atoms with E-state index in [0.717, 1.165) is 19.3 Å². The summed E-state index contributed by atoms with van der Waals surface area (Å²) in [5.74, 6) is -0.390. The summed E-state index contributed by atoms with van der Waals surface area (Å²) in [7, 11) is 0. The van der Waals surface area contributed by atoms with E-state index in [2.05, 4.69) is 12.2 Å². The van der Waals surface area contributed by atoms with Gasteiger partial charge in [-0.1, -0.05) is 19.1 Å². The Labute approximate surface area is 189 Å². The molecule has 1 aliphatic carbocycles. The second-order valence-corrected chi connectivity index (χ2v) is 8.29. The Balaban J connectivity index is 1.38. The SMILES string of the molecule is CCc1ccc(C(=O)NCCCC(=O)c2ccc(OC3CCC(C(=O)O)CC3)cc2)cc1. The zero-order valence-electron chi connectivity index (χ0n) is 18.5. The van der Waals surface area contributed by atoms with Crippen LogP contribution in [0.3, 0.4) is 0 Å². The van der Waals surface area contributed by atoms with Crippen molar-refractivity contribution in [3.63, 3.8) is 0 Å². The van der Waals surface area contributed by atoms with E-state index in [-0.39, 0.29) is 23.7 Å². The van der Waals surface area contributed by atoms with Crippen molar-refractivity contribution in [3.8, 4) is 5.75 Å². The smallest absolute Gasteiger partial charge is 0.306 e. The lowest BCUT2D eigenvalue weighted by Crippen LogP contribution is -2.27. The van der Waals surface area contributed by atoms with Gasteiger partial charge in [0, 0.05) is 24.1 Å². The molecule has 170 valence electrons. The highest BCUT2D eigenvalue weighted by Crippen LogP contribution is 2.28. The van der Waals surface area contributed by atoms with Gasteiger partial charge in [0.05, 0.1) is 12.0 Å². The molecule has 0 aromatic heterocycles.